The zero-order valence-electron chi connectivity index (χ0n) is 16.8. The Bertz CT molecular complexity index is 886. The van der Waals surface area contributed by atoms with E-state index in [1.165, 1.54) is 23.4 Å². The molecule has 2 aromatic carbocycles. The predicted molar refractivity (Wildman–Crippen MR) is 115 cm³/mol. The van der Waals surface area contributed by atoms with E-state index in [1.54, 1.807) is 0 Å². The van der Waals surface area contributed by atoms with Crippen LogP contribution in [0.5, 0.6) is 0 Å². The monoisotopic (exact) mass is 398 g/mol. The standard InChI is InChI=1S/C24H28ClFN2/c1-18(2)19(3)28(16-21-6-4-7-22(25)14-21)17-24-8-5-13-27(24)15-20-9-11-23(26)12-10-20/h4-14,18-19H,15-17H2,1-3H3/t19-/m1/s1. The van der Waals surface area contributed by atoms with Crippen LogP contribution >= 0.6 is 11.6 Å². The fourth-order valence-electron chi connectivity index (χ4n) is 3.38. The lowest BCUT2D eigenvalue weighted by Crippen LogP contribution is -2.36. The van der Waals surface area contributed by atoms with Crippen LogP contribution in [0.3, 0.4) is 0 Å². The minimum absolute atomic E-state index is 0.199. The lowest BCUT2D eigenvalue weighted by molar-refractivity contribution is 0.148. The van der Waals surface area contributed by atoms with Gasteiger partial charge in [0.2, 0.25) is 0 Å². The van der Waals surface area contributed by atoms with Gasteiger partial charge in [-0.15, -0.1) is 0 Å². The molecule has 0 spiro atoms. The molecule has 1 atom stereocenters. The molecule has 1 heterocycles. The van der Waals surface area contributed by atoms with E-state index < -0.39 is 0 Å². The molecule has 0 aliphatic heterocycles. The third-order valence-corrected chi connectivity index (χ3v) is 5.61. The number of aromatic nitrogens is 1. The second-order valence-corrected chi connectivity index (χ2v) is 8.21. The van der Waals surface area contributed by atoms with Crippen molar-refractivity contribution in [3.63, 3.8) is 0 Å². The normalized spacial score (nSPS) is 12.7. The highest BCUT2D eigenvalue weighted by Gasteiger charge is 2.19. The summed E-state index contributed by atoms with van der Waals surface area (Å²) in [5.41, 5.74) is 3.56. The molecule has 2 nitrogen and oxygen atoms in total. The molecule has 0 saturated carbocycles. The third-order valence-electron chi connectivity index (χ3n) is 5.37. The van der Waals surface area contributed by atoms with Gasteiger partial charge in [-0.05, 0) is 60.4 Å². The lowest BCUT2D eigenvalue weighted by Gasteiger charge is -2.32. The van der Waals surface area contributed by atoms with Gasteiger partial charge in [-0.2, -0.15) is 0 Å². The Balaban J connectivity index is 1.79. The summed E-state index contributed by atoms with van der Waals surface area (Å²) in [6.07, 6.45) is 2.09. The summed E-state index contributed by atoms with van der Waals surface area (Å²) in [7, 11) is 0. The molecule has 4 heteroatoms. The first-order chi connectivity index (χ1) is 13.4. The molecule has 1 aromatic heterocycles. The first-order valence-electron chi connectivity index (χ1n) is 9.79. The number of rotatable bonds is 8. The minimum atomic E-state index is -0.199. The summed E-state index contributed by atoms with van der Waals surface area (Å²) >= 11 is 6.19. The quantitative estimate of drug-likeness (QED) is 0.427. The number of halogens is 2. The zero-order chi connectivity index (χ0) is 20.1. The third kappa shape index (κ3) is 5.46. The Hall–Kier alpha value is -2.10. The van der Waals surface area contributed by atoms with E-state index >= 15 is 0 Å². The van der Waals surface area contributed by atoms with Crippen molar-refractivity contribution in [2.45, 2.75) is 46.4 Å². The topological polar surface area (TPSA) is 8.17 Å². The largest absolute Gasteiger partial charge is 0.346 e. The van der Waals surface area contributed by atoms with Crippen molar-refractivity contribution < 1.29 is 4.39 Å². The van der Waals surface area contributed by atoms with Gasteiger partial charge in [0.25, 0.3) is 0 Å². The molecular weight excluding hydrogens is 371 g/mol. The van der Waals surface area contributed by atoms with E-state index in [0.29, 0.717) is 12.0 Å². The molecule has 3 aromatic rings. The van der Waals surface area contributed by atoms with Crippen molar-refractivity contribution in [3.05, 3.63) is 94.5 Å². The lowest BCUT2D eigenvalue weighted by atomic mass is 10.0. The summed E-state index contributed by atoms with van der Waals surface area (Å²) in [5, 5.41) is 0.773. The highest BCUT2D eigenvalue weighted by atomic mass is 35.5. The maximum atomic E-state index is 13.2. The van der Waals surface area contributed by atoms with Crippen molar-refractivity contribution in [2.75, 3.05) is 0 Å². The van der Waals surface area contributed by atoms with E-state index in [2.05, 4.69) is 54.6 Å². The van der Waals surface area contributed by atoms with Crippen LogP contribution in [0.15, 0.2) is 66.9 Å². The maximum absolute atomic E-state index is 13.2. The molecule has 0 aliphatic rings. The second kappa shape index (κ2) is 9.40. The van der Waals surface area contributed by atoms with Crippen LogP contribution in [0.2, 0.25) is 5.02 Å². The van der Waals surface area contributed by atoms with Gasteiger partial charge in [-0.3, -0.25) is 4.90 Å². The molecule has 0 fully saturated rings. The first-order valence-corrected chi connectivity index (χ1v) is 10.2. The second-order valence-electron chi connectivity index (χ2n) is 7.77. The van der Waals surface area contributed by atoms with Crippen LogP contribution < -0.4 is 0 Å². The average molecular weight is 399 g/mol. The Morgan fingerprint density at radius 1 is 0.929 bits per heavy atom. The van der Waals surface area contributed by atoms with Crippen LogP contribution in [-0.4, -0.2) is 15.5 Å². The minimum Gasteiger partial charge on any atom is -0.346 e. The number of hydrogen-bond donors (Lipinski definition) is 0. The summed E-state index contributed by atoms with van der Waals surface area (Å²) in [4.78, 5) is 2.49. The fraction of sp³-hybridized carbons (Fsp3) is 0.333. The van der Waals surface area contributed by atoms with Gasteiger partial charge in [0.1, 0.15) is 5.82 Å². The van der Waals surface area contributed by atoms with E-state index in [1.807, 2.05) is 30.3 Å². The molecule has 0 N–H and O–H groups in total. The maximum Gasteiger partial charge on any atom is 0.123 e. The van der Waals surface area contributed by atoms with Crippen molar-refractivity contribution >= 4 is 11.6 Å². The van der Waals surface area contributed by atoms with Gasteiger partial charge in [0.05, 0.1) is 0 Å². The van der Waals surface area contributed by atoms with E-state index in [4.69, 9.17) is 11.6 Å². The number of hydrogen-bond acceptors (Lipinski definition) is 1. The summed E-state index contributed by atoms with van der Waals surface area (Å²) in [6, 6.07) is 19.5. The molecule has 0 saturated heterocycles. The Kier molecular flexibility index (Phi) is 6.93. The van der Waals surface area contributed by atoms with Gasteiger partial charge in [0, 0.05) is 42.6 Å². The van der Waals surface area contributed by atoms with Gasteiger partial charge in [0.15, 0.2) is 0 Å². The van der Waals surface area contributed by atoms with Crippen LogP contribution in [0.4, 0.5) is 4.39 Å². The van der Waals surface area contributed by atoms with Crippen molar-refractivity contribution in [1.29, 1.82) is 0 Å². The summed E-state index contributed by atoms with van der Waals surface area (Å²) < 4.78 is 15.4. The van der Waals surface area contributed by atoms with Gasteiger partial charge < -0.3 is 4.57 Å². The zero-order valence-corrected chi connectivity index (χ0v) is 17.5. The van der Waals surface area contributed by atoms with Crippen LogP contribution in [0.25, 0.3) is 0 Å². The highest BCUT2D eigenvalue weighted by molar-refractivity contribution is 6.30. The van der Waals surface area contributed by atoms with Gasteiger partial charge in [-0.25, -0.2) is 4.39 Å². The smallest absolute Gasteiger partial charge is 0.123 e. The molecule has 0 unspecified atom stereocenters. The molecule has 28 heavy (non-hydrogen) atoms. The fourth-order valence-corrected chi connectivity index (χ4v) is 3.59. The highest BCUT2D eigenvalue weighted by Crippen LogP contribution is 2.21. The van der Waals surface area contributed by atoms with Crippen LogP contribution in [0, 0.1) is 11.7 Å². The molecule has 0 amide bonds. The Morgan fingerprint density at radius 2 is 1.68 bits per heavy atom. The van der Waals surface area contributed by atoms with Crippen molar-refractivity contribution in [3.8, 4) is 0 Å². The van der Waals surface area contributed by atoms with E-state index in [9.17, 15) is 4.39 Å². The van der Waals surface area contributed by atoms with Crippen molar-refractivity contribution in [1.82, 2.24) is 9.47 Å². The SMILES string of the molecule is CC(C)[C@@H](C)N(Cc1cccc(Cl)c1)Cc1cccn1Cc1ccc(F)cc1. The van der Waals surface area contributed by atoms with E-state index in [0.717, 1.165) is 30.2 Å². The molecule has 0 aliphatic carbocycles. The molecule has 3 rings (SSSR count). The summed E-state index contributed by atoms with van der Waals surface area (Å²) in [5.74, 6) is 0.342. The van der Waals surface area contributed by atoms with E-state index in [-0.39, 0.29) is 5.82 Å². The number of benzene rings is 2. The Labute approximate surface area is 172 Å². The molecular formula is C24H28ClFN2. The van der Waals surface area contributed by atoms with Crippen molar-refractivity contribution in [2.24, 2.45) is 5.92 Å². The number of nitrogens with zero attached hydrogens (tertiary/aromatic N) is 2. The van der Waals surface area contributed by atoms with Crippen LogP contribution in [0.1, 0.15) is 37.6 Å². The van der Waals surface area contributed by atoms with Crippen LogP contribution in [-0.2, 0) is 19.6 Å². The Morgan fingerprint density at radius 3 is 2.36 bits per heavy atom. The first kappa shape index (κ1) is 20.6. The van der Waals surface area contributed by atoms with Gasteiger partial charge in [-0.1, -0.05) is 49.7 Å². The molecule has 148 valence electrons. The molecule has 0 bridgehead atoms. The predicted octanol–water partition coefficient (Wildman–Crippen LogP) is 6.38. The van der Waals surface area contributed by atoms with Gasteiger partial charge >= 0.3 is 0 Å². The average Bonchev–Trinajstić information content (AvgIpc) is 3.09. The summed E-state index contributed by atoms with van der Waals surface area (Å²) in [6.45, 7) is 9.23. The molecule has 0 radical (unpaired) electrons.